The maximum absolute atomic E-state index is 12.3. The third-order valence-electron chi connectivity index (χ3n) is 4.50. The van der Waals surface area contributed by atoms with E-state index < -0.39 is 6.10 Å². The summed E-state index contributed by atoms with van der Waals surface area (Å²) in [5.74, 6) is 1.01. The summed E-state index contributed by atoms with van der Waals surface area (Å²) in [4.78, 5) is 14.2. The molecule has 5 heteroatoms. The first-order valence-electron chi connectivity index (χ1n) is 9.16. The number of likely N-dealkylation sites (tertiary alicyclic amines) is 1. The number of nitrogens with one attached hydrogen (secondary N) is 1. The first-order chi connectivity index (χ1) is 11.8. The van der Waals surface area contributed by atoms with Crippen LogP contribution >= 0.6 is 0 Å². The van der Waals surface area contributed by atoms with E-state index in [0.29, 0.717) is 12.6 Å². The Hall–Kier alpha value is -1.59. The lowest BCUT2D eigenvalue weighted by Crippen LogP contribution is -2.49. The lowest BCUT2D eigenvalue weighted by atomic mass is 9.93. The number of nitrogens with zero attached hydrogens (tertiary/aromatic N) is 1. The van der Waals surface area contributed by atoms with E-state index in [-0.39, 0.29) is 17.9 Å². The molecule has 1 amide bonds. The number of amides is 1. The van der Waals surface area contributed by atoms with Crippen molar-refractivity contribution in [3.63, 3.8) is 0 Å². The van der Waals surface area contributed by atoms with Crippen LogP contribution in [-0.4, -0.2) is 54.3 Å². The van der Waals surface area contributed by atoms with Crippen LogP contribution in [0.2, 0.25) is 0 Å². The molecule has 25 heavy (non-hydrogen) atoms. The summed E-state index contributed by atoms with van der Waals surface area (Å²) >= 11 is 0. The number of carbonyl (C=O) groups is 1. The van der Waals surface area contributed by atoms with Gasteiger partial charge in [-0.3, -0.25) is 4.79 Å². The second kappa shape index (κ2) is 8.68. The topological polar surface area (TPSA) is 61.8 Å². The number of aliphatic hydroxyl groups is 1. The molecule has 0 aromatic heterocycles. The number of ether oxygens (including phenoxy) is 1. The fourth-order valence-electron chi connectivity index (χ4n) is 3.02. The van der Waals surface area contributed by atoms with Crippen molar-refractivity contribution in [2.45, 2.75) is 52.7 Å². The number of carbonyl (C=O) groups excluding carboxylic acids is 1. The highest BCUT2D eigenvalue weighted by Crippen LogP contribution is 2.21. The van der Waals surface area contributed by atoms with Crippen LogP contribution in [0.5, 0.6) is 5.75 Å². The molecule has 5 nitrogen and oxygen atoms in total. The van der Waals surface area contributed by atoms with Gasteiger partial charge in [0, 0.05) is 31.1 Å². The summed E-state index contributed by atoms with van der Waals surface area (Å²) in [6.45, 7) is 10.2. The van der Waals surface area contributed by atoms with Gasteiger partial charge in [0.05, 0.1) is 0 Å². The normalized spacial score (nSPS) is 17.4. The molecule has 1 aliphatic heterocycles. The molecule has 1 heterocycles. The minimum atomic E-state index is -0.547. The van der Waals surface area contributed by atoms with Crippen molar-refractivity contribution in [1.29, 1.82) is 0 Å². The average Bonchev–Trinajstić information content (AvgIpc) is 2.57. The molecule has 1 aromatic carbocycles. The second-order valence-corrected chi connectivity index (χ2v) is 8.01. The highest BCUT2D eigenvalue weighted by Gasteiger charge is 2.30. The number of benzene rings is 1. The Labute approximate surface area is 151 Å². The van der Waals surface area contributed by atoms with Crippen molar-refractivity contribution < 1.29 is 14.6 Å². The highest BCUT2D eigenvalue weighted by molar-refractivity contribution is 5.81. The van der Waals surface area contributed by atoms with Crippen LogP contribution in [0.3, 0.4) is 0 Å². The Bertz CT molecular complexity index is 560. The van der Waals surface area contributed by atoms with E-state index in [1.807, 2.05) is 56.9 Å². The minimum absolute atomic E-state index is 0.220. The van der Waals surface area contributed by atoms with Gasteiger partial charge in [-0.2, -0.15) is 0 Å². The molecule has 0 radical (unpaired) electrons. The van der Waals surface area contributed by atoms with E-state index in [9.17, 15) is 9.90 Å². The molecule has 0 aliphatic carbocycles. The summed E-state index contributed by atoms with van der Waals surface area (Å²) in [6, 6.07) is 8.17. The molecule has 1 aliphatic rings. The van der Waals surface area contributed by atoms with Crippen molar-refractivity contribution in [3.05, 3.63) is 29.8 Å². The number of rotatable bonds is 6. The molecule has 0 saturated carbocycles. The summed E-state index contributed by atoms with van der Waals surface area (Å²) in [6.07, 6.45) is 1.30. The number of piperidine rings is 1. The largest absolute Gasteiger partial charge is 0.491 e. The quantitative estimate of drug-likeness (QED) is 0.828. The molecule has 0 spiro atoms. The van der Waals surface area contributed by atoms with Crippen LogP contribution in [0, 0.1) is 12.3 Å². The maximum Gasteiger partial charge on any atom is 0.227 e. The van der Waals surface area contributed by atoms with Crippen LogP contribution in [0.1, 0.15) is 39.2 Å². The lowest BCUT2D eigenvalue weighted by molar-refractivity contribution is -0.140. The molecule has 1 unspecified atom stereocenters. The van der Waals surface area contributed by atoms with Gasteiger partial charge < -0.3 is 20.1 Å². The van der Waals surface area contributed by atoms with Crippen LogP contribution < -0.4 is 10.1 Å². The van der Waals surface area contributed by atoms with Crippen molar-refractivity contribution in [1.82, 2.24) is 10.2 Å². The molecule has 2 rings (SSSR count). The Kier molecular flexibility index (Phi) is 6.85. The van der Waals surface area contributed by atoms with E-state index in [0.717, 1.165) is 37.2 Å². The molecule has 0 bridgehead atoms. The Morgan fingerprint density at radius 3 is 2.64 bits per heavy atom. The summed E-state index contributed by atoms with van der Waals surface area (Å²) in [5.41, 5.74) is 0.825. The Morgan fingerprint density at radius 1 is 1.36 bits per heavy atom. The monoisotopic (exact) mass is 348 g/mol. The fourth-order valence-corrected chi connectivity index (χ4v) is 3.02. The first-order valence-corrected chi connectivity index (χ1v) is 9.16. The molecule has 1 fully saturated rings. The van der Waals surface area contributed by atoms with E-state index >= 15 is 0 Å². The fraction of sp³-hybridized carbons (Fsp3) is 0.650. The summed E-state index contributed by atoms with van der Waals surface area (Å²) in [7, 11) is 0. The van der Waals surface area contributed by atoms with Gasteiger partial charge in [-0.1, -0.05) is 32.9 Å². The summed E-state index contributed by atoms with van der Waals surface area (Å²) in [5, 5.41) is 13.5. The van der Waals surface area contributed by atoms with Crippen molar-refractivity contribution in [2.24, 2.45) is 5.41 Å². The first kappa shape index (κ1) is 19.7. The zero-order chi connectivity index (χ0) is 18.4. The molecule has 1 saturated heterocycles. The number of hydrogen-bond acceptors (Lipinski definition) is 4. The Morgan fingerprint density at radius 2 is 2.04 bits per heavy atom. The van der Waals surface area contributed by atoms with Gasteiger partial charge in [-0.15, -0.1) is 0 Å². The third kappa shape index (κ3) is 6.33. The van der Waals surface area contributed by atoms with Crippen molar-refractivity contribution in [3.8, 4) is 5.75 Å². The van der Waals surface area contributed by atoms with Gasteiger partial charge in [-0.25, -0.2) is 0 Å². The van der Waals surface area contributed by atoms with E-state index in [2.05, 4.69) is 5.32 Å². The maximum atomic E-state index is 12.3. The SMILES string of the molecule is Cc1cccc(OCC(O)CNC2CCN(C(=O)C(C)(C)C)CC2)c1. The third-order valence-corrected chi connectivity index (χ3v) is 4.50. The number of aryl methyl sites for hydroxylation is 1. The van der Waals surface area contributed by atoms with Gasteiger partial charge in [-0.05, 0) is 37.5 Å². The zero-order valence-electron chi connectivity index (χ0n) is 15.9. The molecular weight excluding hydrogens is 316 g/mol. The smallest absolute Gasteiger partial charge is 0.227 e. The van der Waals surface area contributed by atoms with E-state index in [1.165, 1.54) is 0 Å². The molecule has 140 valence electrons. The van der Waals surface area contributed by atoms with Crippen molar-refractivity contribution in [2.75, 3.05) is 26.2 Å². The van der Waals surface area contributed by atoms with Gasteiger partial charge in [0.25, 0.3) is 0 Å². The van der Waals surface area contributed by atoms with Crippen LogP contribution in [0.25, 0.3) is 0 Å². The number of hydrogen-bond donors (Lipinski definition) is 2. The lowest BCUT2D eigenvalue weighted by Gasteiger charge is -2.36. The standard InChI is InChI=1S/C20H32N2O3/c1-15-6-5-7-18(12-15)25-14-17(23)13-21-16-8-10-22(11-9-16)19(24)20(2,3)4/h5-7,12,16-17,21,23H,8-11,13-14H2,1-4H3. The predicted molar refractivity (Wildman–Crippen MR) is 99.7 cm³/mol. The highest BCUT2D eigenvalue weighted by atomic mass is 16.5. The van der Waals surface area contributed by atoms with Gasteiger partial charge in [0.15, 0.2) is 0 Å². The van der Waals surface area contributed by atoms with Gasteiger partial charge in [0.1, 0.15) is 18.5 Å². The van der Waals surface area contributed by atoms with Crippen LogP contribution in [0.15, 0.2) is 24.3 Å². The molecular formula is C20H32N2O3. The summed E-state index contributed by atoms with van der Waals surface area (Å²) < 4.78 is 5.63. The van der Waals surface area contributed by atoms with Gasteiger partial charge >= 0.3 is 0 Å². The Balaban J connectivity index is 1.66. The molecule has 1 atom stereocenters. The average molecular weight is 348 g/mol. The van der Waals surface area contributed by atoms with Crippen molar-refractivity contribution >= 4 is 5.91 Å². The zero-order valence-corrected chi connectivity index (χ0v) is 15.9. The van der Waals surface area contributed by atoms with Gasteiger partial charge in [0.2, 0.25) is 5.91 Å². The van der Waals surface area contributed by atoms with E-state index in [4.69, 9.17) is 4.74 Å². The molecule has 1 aromatic rings. The number of aliphatic hydroxyl groups excluding tert-OH is 1. The molecule has 2 N–H and O–H groups in total. The van der Waals surface area contributed by atoms with Crippen LogP contribution in [-0.2, 0) is 4.79 Å². The second-order valence-electron chi connectivity index (χ2n) is 8.01. The van der Waals surface area contributed by atoms with E-state index in [1.54, 1.807) is 0 Å². The minimum Gasteiger partial charge on any atom is -0.491 e. The van der Waals surface area contributed by atoms with Crippen LogP contribution in [0.4, 0.5) is 0 Å². The predicted octanol–water partition coefficient (Wildman–Crippen LogP) is 2.36.